The number of alkyl halides is 3. The molecular formula is C10H10BrF3. The average Bonchev–Trinajstić information content (AvgIpc) is 2.10. The quantitative estimate of drug-likeness (QED) is 0.706. The highest BCUT2D eigenvalue weighted by Crippen LogP contribution is 2.32. The third-order valence-electron chi connectivity index (χ3n) is 2.13. The summed E-state index contributed by atoms with van der Waals surface area (Å²) in [7, 11) is 0. The predicted molar refractivity (Wildman–Crippen MR) is 53.5 cm³/mol. The maximum Gasteiger partial charge on any atom is 0.255 e. The van der Waals surface area contributed by atoms with Gasteiger partial charge in [-0.05, 0) is 31.0 Å². The molecule has 1 atom stereocenters. The van der Waals surface area contributed by atoms with Crippen LogP contribution in [0, 0.1) is 19.7 Å². The van der Waals surface area contributed by atoms with E-state index < -0.39 is 17.1 Å². The Balaban J connectivity index is 3.15. The average molecular weight is 267 g/mol. The van der Waals surface area contributed by atoms with Crippen molar-refractivity contribution in [1.82, 2.24) is 0 Å². The van der Waals surface area contributed by atoms with Crippen molar-refractivity contribution in [1.29, 1.82) is 0 Å². The van der Waals surface area contributed by atoms with Crippen molar-refractivity contribution < 1.29 is 13.2 Å². The lowest BCUT2D eigenvalue weighted by Crippen LogP contribution is -2.05. The van der Waals surface area contributed by atoms with Gasteiger partial charge in [0.25, 0.3) is 6.43 Å². The standard InChI is InChI=1S/C10H10BrF3/c1-5-3-7(9(11)10(13)14)8(12)4-6(5)2/h3-4,9-10H,1-2H3. The summed E-state index contributed by atoms with van der Waals surface area (Å²) in [6.07, 6.45) is -2.60. The Kier molecular flexibility index (Phi) is 3.59. The van der Waals surface area contributed by atoms with Gasteiger partial charge < -0.3 is 0 Å². The molecule has 0 radical (unpaired) electrons. The van der Waals surface area contributed by atoms with Gasteiger partial charge in [-0.25, -0.2) is 13.2 Å². The summed E-state index contributed by atoms with van der Waals surface area (Å²) in [6.45, 7) is 3.51. The highest BCUT2D eigenvalue weighted by Gasteiger charge is 2.22. The number of benzene rings is 1. The van der Waals surface area contributed by atoms with Gasteiger partial charge in [-0.1, -0.05) is 22.0 Å². The minimum Gasteiger partial charge on any atom is -0.209 e. The largest absolute Gasteiger partial charge is 0.255 e. The molecule has 0 heterocycles. The second kappa shape index (κ2) is 4.34. The highest BCUT2D eigenvalue weighted by atomic mass is 79.9. The van der Waals surface area contributed by atoms with Crippen LogP contribution >= 0.6 is 15.9 Å². The molecule has 0 aromatic heterocycles. The molecule has 0 fully saturated rings. The third-order valence-corrected chi connectivity index (χ3v) is 3.02. The summed E-state index contributed by atoms with van der Waals surface area (Å²) >= 11 is 2.77. The molecule has 0 N–H and O–H groups in total. The molecule has 0 amide bonds. The van der Waals surface area contributed by atoms with Gasteiger partial charge in [0.2, 0.25) is 0 Å². The third kappa shape index (κ3) is 2.29. The summed E-state index contributed by atoms with van der Waals surface area (Å²) in [4.78, 5) is -1.23. The number of halogens is 4. The van der Waals surface area contributed by atoms with E-state index in [4.69, 9.17) is 0 Å². The fourth-order valence-electron chi connectivity index (χ4n) is 1.15. The van der Waals surface area contributed by atoms with Crippen LogP contribution in [0.15, 0.2) is 12.1 Å². The molecular weight excluding hydrogens is 257 g/mol. The van der Waals surface area contributed by atoms with E-state index in [1.54, 1.807) is 13.8 Å². The molecule has 0 aliphatic heterocycles. The molecule has 0 spiro atoms. The first-order valence-corrected chi connectivity index (χ1v) is 5.04. The van der Waals surface area contributed by atoms with Crippen molar-refractivity contribution in [2.75, 3.05) is 0 Å². The fourth-order valence-corrected chi connectivity index (χ4v) is 1.50. The van der Waals surface area contributed by atoms with Crippen molar-refractivity contribution in [3.05, 3.63) is 34.6 Å². The predicted octanol–water partition coefficient (Wildman–Crippen LogP) is 4.14. The summed E-state index contributed by atoms with van der Waals surface area (Å²) in [6, 6.07) is 2.73. The van der Waals surface area contributed by atoms with Gasteiger partial charge in [-0.2, -0.15) is 0 Å². The Morgan fingerprint density at radius 3 is 2.14 bits per heavy atom. The zero-order valence-electron chi connectivity index (χ0n) is 7.82. The normalized spacial score (nSPS) is 13.4. The fraction of sp³-hybridized carbons (Fsp3) is 0.400. The molecule has 1 aromatic rings. The van der Waals surface area contributed by atoms with Crippen LogP contribution in [0.5, 0.6) is 0 Å². The summed E-state index contributed by atoms with van der Waals surface area (Å²) < 4.78 is 37.9. The van der Waals surface area contributed by atoms with E-state index in [1.165, 1.54) is 12.1 Å². The number of aryl methyl sites for hydroxylation is 2. The number of hydrogen-bond acceptors (Lipinski definition) is 0. The van der Waals surface area contributed by atoms with Gasteiger partial charge >= 0.3 is 0 Å². The second-order valence-corrected chi connectivity index (χ2v) is 4.18. The van der Waals surface area contributed by atoms with Crippen molar-refractivity contribution in [2.24, 2.45) is 0 Å². The summed E-state index contributed by atoms with van der Waals surface area (Å²) in [5.74, 6) is -0.588. The maximum absolute atomic E-state index is 13.3. The van der Waals surface area contributed by atoms with Gasteiger partial charge in [-0.3, -0.25) is 0 Å². The molecule has 0 bridgehead atoms. The lowest BCUT2D eigenvalue weighted by atomic mass is 10.0. The van der Waals surface area contributed by atoms with E-state index in [-0.39, 0.29) is 5.56 Å². The monoisotopic (exact) mass is 266 g/mol. The minimum atomic E-state index is -2.60. The summed E-state index contributed by atoms with van der Waals surface area (Å²) in [5.41, 5.74) is 1.59. The highest BCUT2D eigenvalue weighted by molar-refractivity contribution is 9.09. The Hall–Kier alpha value is -0.510. The first-order chi connectivity index (χ1) is 6.43. The molecule has 0 aliphatic carbocycles. The molecule has 0 saturated heterocycles. The SMILES string of the molecule is Cc1cc(F)c(C(Br)C(F)F)cc1C. The van der Waals surface area contributed by atoms with Crippen molar-refractivity contribution in [2.45, 2.75) is 25.1 Å². The number of hydrogen-bond donors (Lipinski definition) is 0. The van der Waals surface area contributed by atoms with E-state index in [0.717, 1.165) is 11.1 Å². The molecule has 1 aromatic carbocycles. The van der Waals surface area contributed by atoms with Crippen molar-refractivity contribution in [3.63, 3.8) is 0 Å². The van der Waals surface area contributed by atoms with Gasteiger partial charge in [0.15, 0.2) is 0 Å². The Morgan fingerprint density at radius 2 is 1.64 bits per heavy atom. The minimum absolute atomic E-state index is 0.0168. The van der Waals surface area contributed by atoms with Crippen LogP contribution < -0.4 is 0 Å². The Bertz CT molecular complexity index is 336. The van der Waals surface area contributed by atoms with Crippen LogP contribution in [0.2, 0.25) is 0 Å². The molecule has 1 unspecified atom stereocenters. The van der Waals surface area contributed by atoms with Crippen LogP contribution in [0.3, 0.4) is 0 Å². The lowest BCUT2D eigenvalue weighted by molar-refractivity contribution is 0.146. The van der Waals surface area contributed by atoms with Gasteiger partial charge in [0.1, 0.15) is 10.6 Å². The van der Waals surface area contributed by atoms with Crippen LogP contribution in [0.25, 0.3) is 0 Å². The smallest absolute Gasteiger partial charge is 0.209 e. The molecule has 0 saturated carbocycles. The van der Waals surface area contributed by atoms with Crippen molar-refractivity contribution >= 4 is 15.9 Å². The zero-order valence-corrected chi connectivity index (χ0v) is 9.41. The first kappa shape index (κ1) is 11.6. The van der Waals surface area contributed by atoms with Crippen LogP contribution in [0.1, 0.15) is 21.5 Å². The van der Waals surface area contributed by atoms with E-state index in [2.05, 4.69) is 15.9 Å². The van der Waals surface area contributed by atoms with Gasteiger partial charge in [0, 0.05) is 5.56 Å². The van der Waals surface area contributed by atoms with Gasteiger partial charge in [-0.15, -0.1) is 0 Å². The molecule has 4 heteroatoms. The van der Waals surface area contributed by atoms with E-state index in [1.807, 2.05) is 0 Å². The first-order valence-electron chi connectivity index (χ1n) is 4.12. The zero-order chi connectivity index (χ0) is 10.9. The molecule has 0 aliphatic rings. The second-order valence-electron chi connectivity index (χ2n) is 3.19. The lowest BCUT2D eigenvalue weighted by Gasteiger charge is -2.12. The van der Waals surface area contributed by atoms with E-state index in [9.17, 15) is 13.2 Å². The van der Waals surface area contributed by atoms with Crippen LogP contribution in [0.4, 0.5) is 13.2 Å². The van der Waals surface area contributed by atoms with E-state index >= 15 is 0 Å². The topological polar surface area (TPSA) is 0 Å². The van der Waals surface area contributed by atoms with E-state index in [0.29, 0.717) is 0 Å². The molecule has 1 rings (SSSR count). The number of rotatable bonds is 2. The maximum atomic E-state index is 13.3. The van der Waals surface area contributed by atoms with Gasteiger partial charge in [0.05, 0.1) is 0 Å². The molecule has 14 heavy (non-hydrogen) atoms. The van der Waals surface area contributed by atoms with Crippen LogP contribution in [-0.4, -0.2) is 6.43 Å². The van der Waals surface area contributed by atoms with Crippen molar-refractivity contribution in [3.8, 4) is 0 Å². The molecule has 78 valence electrons. The Morgan fingerprint density at radius 1 is 1.14 bits per heavy atom. The Labute approximate surface area is 89.3 Å². The van der Waals surface area contributed by atoms with Crippen LogP contribution in [-0.2, 0) is 0 Å². The molecule has 0 nitrogen and oxygen atoms in total. The summed E-state index contributed by atoms with van der Waals surface area (Å²) in [5, 5.41) is 0.